The van der Waals surface area contributed by atoms with Gasteiger partial charge in [0.15, 0.2) is 0 Å². The van der Waals surface area contributed by atoms with Crippen LogP contribution in [0.4, 0.5) is 0 Å². The summed E-state index contributed by atoms with van der Waals surface area (Å²) in [4.78, 5) is 4.89. The minimum atomic E-state index is -0.353. The van der Waals surface area contributed by atoms with Crippen molar-refractivity contribution in [3.05, 3.63) is 35.9 Å². The summed E-state index contributed by atoms with van der Waals surface area (Å²) in [6.07, 6.45) is 5.30. The third-order valence-electron chi connectivity index (χ3n) is 6.71. The van der Waals surface area contributed by atoms with Gasteiger partial charge in [-0.25, -0.2) is 0 Å². The van der Waals surface area contributed by atoms with Gasteiger partial charge in [-0.15, -0.1) is 0 Å². The Morgan fingerprint density at radius 1 is 1.00 bits per heavy atom. The van der Waals surface area contributed by atoms with Gasteiger partial charge in [0, 0.05) is 45.9 Å². The van der Waals surface area contributed by atoms with Crippen molar-refractivity contribution in [3.8, 4) is 0 Å². The quantitative estimate of drug-likeness (QED) is 0.775. The molecule has 3 aliphatic rings. The lowest BCUT2D eigenvalue weighted by Crippen LogP contribution is -2.48. The van der Waals surface area contributed by atoms with Crippen LogP contribution in [0.3, 0.4) is 0 Å². The zero-order chi connectivity index (χ0) is 17.8. The van der Waals surface area contributed by atoms with E-state index in [-0.39, 0.29) is 6.10 Å². The lowest BCUT2D eigenvalue weighted by atomic mass is 9.90. The Hall–Kier alpha value is -0.940. The van der Waals surface area contributed by atoms with Gasteiger partial charge in [0.25, 0.3) is 0 Å². The van der Waals surface area contributed by atoms with E-state index in [2.05, 4.69) is 40.1 Å². The maximum atomic E-state index is 10.3. The van der Waals surface area contributed by atoms with Gasteiger partial charge in [-0.05, 0) is 42.6 Å². The van der Waals surface area contributed by atoms with Crippen molar-refractivity contribution < 1.29 is 9.84 Å². The molecule has 1 aliphatic heterocycles. The number of fused-ring (bicyclic) bond motifs is 2. The van der Waals surface area contributed by atoms with Gasteiger partial charge in [0.1, 0.15) is 0 Å². The van der Waals surface area contributed by atoms with Crippen molar-refractivity contribution >= 4 is 0 Å². The molecule has 1 saturated heterocycles. The largest absolute Gasteiger partial charge is 0.389 e. The first-order chi connectivity index (χ1) is 12.8. The lowest BCUT2D eigenvalue weighted by Gasteiger charge is -2.35. The molecular formula is C22H34N2O2. The molecule has 1 N–H and O–H groups in total. The van der Waals surface area contributed by atoms with Crippen molar-refractivity contribution in [2.24, 2.45) is 17.8 Å². The van der Waals surface area contributed by atoms with E-state index in [1.165, 1.54) is 31.2 Å². The van der Waals surface area contributed by atoms with E-state index < -0.39 is 0 Å². The Bertz CT molecular complexity index is 544. The molecule has 1 aromatic carbocycles. The molecule has 26 heavy (non-hydrogen) atoms. The number of nitrogens with zero attached hydrogens (tertiary/aromatic N) is 2. The van der Waals surface area contributed by atoms with Gasteiger partial charge in [-0.2, -0.15) is 0 Å². The maximum absolute atomic E-state index is 10.3. The minimum absolute atomic E-state index is 0.353. The average molecular weight is 359 g/mol. The summed E-state index contributed by atoms with van der Waals surface area (Å²) < 4.78 is 5.89. The summed E-state index contributed by atoms with van der Waals surface area (Å²) in [6.45, 7) is 7.37. The highest BCUT2D eigenvalue weighted by Gasteiger charge is 2.39. The van der Waals surface area contributed by atoms with Crippen molar-refractivity contribution in [2.75, 3.05) is 45.9 Å². The minimum Gasteiger partial charge on any atom is -0.389 e. The zero-order valence-corrected chi connectivity index (χ0v) is 15.9. The molecule has 3 fully saturated rings. The molecule has 4 atom stereocenters. The molecular weight excluding hydrogens is 324 g/mol. The first kappa shape index (κ1) is 18.4. The number of hydrogen-bond donors (Lipinski definition) is 1. The van der Waals surface area contributed by atoms with E-state index in [0.29, 0.717) is 6.61 Å². The molecule has 2 aliphatic carbocycles. The summed E-state index contributed by atoms with van der Waals surface area (Å²) >= 11 is 0. The average Bonchev–Trinajstić information content (AvgIpc) is 3.27. The Balaban J connectivity index is 1.10. The van der Waals surface area contributed by atoms with Crippen molar-refractivity contribution in [1.82, 2.24) is 9.80 Å². The van der Waals surface area contributed by atoms with Crippen LogP contribution in [0, 0.1) is 17.8 Å². The van der Waals surface area contributed by atoms with E-state index in [9.17, 15) is 5.11 Å². The van der Waals surface area contributed by atoms with E-state index in [4.69, 9.17) is 4.74 Å². The number of rotatable bonds is 8. The molecule has 2 saturated carbocycles. The first-order valence-corrected chi connectivity index (χ1v) is 10.5. The Morgan fingerprint density at radius 2 is 1.77 bits per heavy atom. The second-order valence-electron chi connectivity index (χ2n) is 8.69. The monoisotopic (exact) mass is 358 g/mol. The van der Waals surface area contributed by atoms with Gasteiger partial charge in [-0.3, -0.25) is 9.80 Å². The van der Waals surface area contributed by atoms with Crippen LogP contribution < -0.4 is 0 Å². The fourth-order valence-electron chi connectivity index (χ4n) is 5.26. The summed E-state index contributed by atoms with van der Waals surface area (Å²) in [6, 6.07) is 10.7. The van der Waals surface area contributed by atoms with Gasteiger partial charge >= 0.3 is 0 Å². The Morgan fingerprint density at radius 3 is 2.46 bits per heavy atom. The summed E-state index contributed by atoms with van der Waals surface area (Å²) in [5.74, 6) is 2.66. The Kier molecular flexibility index (Phi) is 6.26. The molecule has 0 aromatic heterocycles. The maximum Gasteiger partial charge on any atom is 0.0900 e. The smallest absolute Gasteiger partial charge is 0.0900 e. The molecule has 4 heteroatoms. The molecule has 0 unspecified atom stereocenters. The lowest BCUT2D eigenvalue weighted by molar-refractivity contribution is -0.00897. The third kappa shape index (κ3) is 4.86. The highest BCUT2D eigenvalue weighted by atomic mass is 16.5. The van der Waals surface area contributed by atoms with Crippen molar-refractivity contribution in [2.45, 2.75) is 38.3 Å². The van der Waals surface area contributed by atoms with Gasteiger partial charge < -0.3 is 9.84 Å². The van der Waals surface area contributed by atoms with Crippen LogP contribution in [0.25, 0.3) is 0 Å². The predicted octanol–water partition coefficient (Wildman–Crippen LogP) is 2.62. The summed E-state index contributed by atoms with van der Waals surface area (Å²) in [7, 11) is 0. The molecule has 0 spiro atoms. The summed E-state index contributed by atoms with van der Waals surface area (Å²) in [5.41, 5.74) is 1.38. The van der Waals surface area contributed by atoms with Gasteiger partial charge in [-0.1, -0.05) is 36.8 Å². The summed E-state index contributed by atoms with van der Waals surface area (Å²) in [5, 5.41) is 10.3. The van der Waals surface area contributed by atoms with E-state index in [0.717, 1.165) is 63.6 Å². The SMILES string of the molecule is O[C@H](COC[C@@H]1C[C@@H]2CC[C@@H]1C2)CN1CCN(Cc2ccccc2)CC1. The standard InChI is InChI=1S/C22H34N2O2/c25-22(17-26-16-21-13-19-6-7-20(21)12-19)15-24-10-8-23(9-11-24)14-18-4-2-1-3-5-18/h1-5,19-22,25H,6-17H2/t19-,20-,21+,22+/m1/s1. The molecule has 4 nitrogen and oxygen atoms in total. The molecule has 4 rings (SSSR count). The van der Waals surface area contributed by atoms with Crippen LogP contribution >= 0.6 is 0 Å². The number of benzene rings is 1. The van der Waals surface area contributed by atoms with Crippen LogP contribution in [0.1, 0.15) is 31.2 Å². The molecule has 1 heterocycles. The molecule has 2 bridgehead atoms. The third-order valence-corrected chi connectivity index (χ3v) is 6.71. The van der Waals surface area contributed by atoms with Gasteiger partial charge in [0.2, 0.25) is 0 Å². The normalized spacial score (nSPS) is 30.7. The first-order valence-electron chi connectivity index (χ1n) is 10.5. The molecule has 144 valence electrons. The second kappa shape index (κ2) is 8.83. The number of piperazine rings is 1. The zero-order valence-electron chi connectivity index (χ0n) is 15.9. The highest BCUT2D eigenvalue weighted by molar-refractivity contribution is 5.14. The van der Waals surface area contributed by atoms with E-state index >= 15 is 0 Å². The van der Waals surface area contributed by atoms with Crippen LogP contribution in [0.5, 0.6) is 0 Å². The van der Waals surface area contributed by atoms with Gasteiger partial charge in [0.05, 0.1) is 12.7 Å². The number of ether oxygens (including phenoxy) is 1. The van der Waals surface area contributed by atoms with Crippen LogP contribution in [-0.4, -0.2) is 66.9 Å². The number of aliphatic hydroxyl groups is 1. The fourth-order valence-corrected chi connectivity index (χ4v) is 5.26. The van der Waals surface area contributed by atoms with Crippen LogP contribution in [-0.2, 0) is 11.3 Å². The fraction of sp³-hybridized carbons (Fsp3) is 0.727. The number of aliphatic hydroxyl groups excluding tert-OH is 1. The van der Waals surface area contributed by atoms with Crippen molar-refractivity contribution in [3.63, 3.8) is 0 Å². The molecule has 1 aromatic rings. The Labute approximate surface area is 158 Å². The van der Waals surface area contributed by atoms with Crippen LogP contribution in [0.15, 0.2) is 30.3 Å². The number of β-amino-alcohol motifs (C(OH)–C–C–N with tert-alkyl or cyclic N) is 1. The second-order valence-corrected chi connectivity index (χ2v) is 8.69. The predicted molar refractivity (Wildman–Crippen MR) is 104 cm³/mol. The molecule has 0 amide bonds. The van der Waals surface area contributed by atoms with Crippen molar-refractivity contribution in [1.29, 1.82) is 0 Å². The number of hydrogen-bond acceptors (Lipinski definition) is 4. The van der Waals surface area contributed by atoms with E-state index in [1.54, 1.807) is 0 Å². The molecule has 0 radical (unpaired) electrons. The topological polar surface area (TPSA) is 35.9 Å². The highest BCUT2D eigenvalue weighted by Crippen LogP contribution is 2.48. The van der Waals surface area contributed by atoms with Crippen LogP contribution in [0.2, 0.25) is 0 Å². The van der Waals surface area contributed by atoms with E-state index in [1.807, 2.05) is 0 Å².